The fourth-order valence-electron chi connectivity index (χ4n) is 4.51. The van der Waals surface area contributed by atoms with Gasteiger partial charge in [0.1, 0.15) is 23.5 Å². The Hall–Kier alpha value is -4.08. The number of hydrogen-bond donors (Lipinski definition) is 1. The van der Waals surface area contributed by atoms with Crippen LogP contribution < -0.4 is 10.1 Å². The first-order valence-corrected chi connectivity index (χ1v) is 14.9. The molecule has 3 aromatic rings. The summed E-state index contributed by atoms with van der Waals surface area (Å²) in [5.41, 5.74) is 4.05. The van der Waals surface area contributed by atoms with Crippen LogP contribution in [0.1, 0.15) is 61.5 Å². The van der Waals surface area contributed by atoms with Crippen molar-refractivity contribution in [3.05, 3.63) is 99.0 Å². The molecule has 1 unspecified atom stereocenters. The second-order valence-corrected chi connectivity index (χ2v) is 11.0. The minimum absolute atomic E-state index is 0.314. The van der Waals surface area contributed by atoms with E-state index in [4.69, 9.17) is 19.2 Å². The summed E-state index contributed by atoms with van der Waals surface area (Å²) in [7, 11) is 0. The lowest BCUT2D eigenvalue weighted by atomic mass is 10.0. The summed E-state index contributed by atoms with van der Waals surface area (Å²) in [6, 6.07) is 17.1. The van der Waals surface area contributed by atoms with Crippen LogP contribution in [0, 0.1) is 0 Å². The zero-order valence-corrected chi connectivity index (χ0v) is 24.9. The molecule has 4 rings (SSSR count). The largest absolute Gasteiger partial charge is 0.489 e. The number of carbonyl (C=O) groups is 3. The number of carbonyl (C=O) groups excluding carboxylic acids is 3. The van der Waals surface area contributed by atoms with Gasteiger partial charge in [-0.05, 0) is 81.0 Å². The van der Waals surface area contributed by atoms with Gasteiger partial charge in [0.05, 0.1) is 18.3 Å². The molecule has 1 aliphatic heterocycles. The van der Waals surface area contributed by atoms with Gasteiger partial charge in [-0.3, -0.25) is 9.59 Å². The molecule has 0 aliphatic carbocycles. The monoisotopic (exact) mass is 588 g/mol. The van der Waals surface area contributed by atoms with Crippen molar-refractivity contribution >= 4 is 35.1 Å². The van der Waals surface area contributed by atoms with Gasteiger partial charge in [0.15, 0.2) is 0 Å². The molecule has 1 N–H and O–H groups in total. The van der Waals surface area contributed by atoms with Crippen LogP contribution in [0.25, 0.3) is 6.08 Å². The molecule has 42 heavy (non-hydrogen) atoms. The summed E-state index contributed by atoms with van der Waals surface area (Å²) in [5.74, 6) is -0.861. The maximum Gasteiger partial charge on any atom is 0.333 e. The van der Waals surface area contributed by atoms with Gasteiger partial charge >= 0.3 is 5.97 Å². The van der Waals surface area contributed by atoms with E-state index < -0.39 is 23.8 Å². The van der Waals surface area contributed by atoms with E-state index >= 15 is 0 Å². The van der Waals surface area contributed by atoms with Crippen LogP contribution in [0.15, 0.2) is 77.2 Å². The number of rotatable bonds is 13. The Morgan fingerprint density at radius 1 is 1.10 bits per heavy atom. The van der Waals surface area contributed by atoms with E-state index in [1.54, 1.807) is 19.9 Å². The molecule has 1 aromatic heterocycles. The fraction of sp³-hybridized carbons (Fsp3) is 0.333. The van der Waals surface area contributed by atoms with Crippen molar-refractivity contribution < 1.29 is 28.6 Å². The van der Waals surface area contributed by atoms with Crippen LogP contribution in [0.4, 0.5) is 0 Å². The lowest BCUT2D eigenvalue weighted by molar-refractivity contribution is -0.143. The van der Waals surface area contributed by atoms with Crippen molar-refractivity contribution in [2.75, 3.05) is 13.2 Å². The van der Waals surface area contributed by atoms with E-state index in [1.165, 1.54) is 11.3 Å². The van der Waals surface area contributed by atoms with E-state index in [2.05, 4.69) is 5.32 Å². The van der Waals surface area contributed by atoms with Crippen molar-refractivity contribution in [2.45, 2.75) is 58.8 Å². The molecule has 2 atom stereocenters. The molecular formula is C33H36N2O6S. The van der Waals surface area contributed by atoms with Crippen LogP contribution >= 0.6 is 11.3 Å². The van der Waals surface area contributed by atoms with Crippen LogP contribution in [-0.4, -0.2) is 42.0 Å². The number of nitrogens with one attached hydrogen (secondary N) is 1. The maximum atomic E-state index is 13.0. The van der Waals surface area contributed by atoms with E-state index in [1.807, 2.05) is 73.0 Å². The molecule has 1 amide bonds. The SMILES string of the molecule is CCOC(=O)C(C)=CC(C)=Cc1csc([C@H](Cc2ccc(OCc3ccccc3)cc2)NC(=O)C(=O)C2CCCO2)n1. The summed E-state index contributed by atoms with van der Waals surface area (Å²) in [6.07, 6.45) is 4.65. The molecular weight excluding hydrogens is 552 g/mol. The van der Waals surface area contributed by atoms with Crippen LogP contribution in [0.2, 0.25) is 0 Å². The molecule has 8 nitrogen and oxygen atoms in total. The van der Waals surface area contributed by atoms with Crippen molar-refractivity contribution in [2.24, 2.45) is 0 Å². The molecule has 2 heterocycles. The highest BCUT2D eigenvalue weighted by Gasteiger charge is 2.31. The Morgan fingerprint density at radius 3 is 2.55 bits per heavy atom. The number of allylic oxidation sites excluding steroid dienone is 2. The van der Waals surface area contributed by atoms with Gasteiger partial charge in [-0.15, -0.1) is 11.3 Å². The number of benzene rings is 2. The van der Waals surface area contributed by atoms with E-state index in [0.717, 1.165) is 28.9 Å². The predicted molar refractivity (Wildman–Crippen MR) is 162 cm³/mol. The third-order valence-corrected chi connectivity index (χ3v) is 7.59. The van der Waals surface area contributed by atoms with Crippen LogP contribution in [0.3, 0.4) is 0 Å². The highest BCUT2D eigenvalue weighted by molar-refractivity contribution is 7.09. The maximum absolute atomic E-state index is 13.0. The highest BCUT2D eigenvalue weighted by Crippen LogP contribution is 2.26. The zero-order chi connectivity index (χ0) is 29.9. The summed E-state index contributed by atoms with van der Waals surface area (Å²) in [5, 5.41) is 5.45. The van der Waals surface area contributed by atoms with Crippen LogP contribution in [0.5, 0.6) is 5.75 Å². The average molecular weight is 589 g/mol. The molecule has 1 saturated heterocycles. The first kappa shape index (κ1) is 30.9. The molecule has 220 valence electrons. The second-order valence-electron chi connectivity index (χ2n) is 10.1. The summed E-state index contributed by atoms with van der Waals surface area (Å²) < 4.78 is 16.4. The number of Topliss-reactive ketones (excluding diaryl/α,β-unsaturated/α-hetero) is 1. The van der Waals surface area contributed by atoms with Gasteiger partial charge in [-0.1, -0.05) is 42.5 Å². The zero-order valence-electron chi connectivity index (χ0n) is 24.1. The molecule has 2 aromatic carbocycles. The van der Waals surface area contributed by atoms with E-state index in [0.29, 0.717) is 48.9 Å². The average Bonchev–Trinajstić information content (AvgIpc) is 3.69. The number of ketones is 1. The normalized spacial score (nSPS) is 16.1. The number of ether oxygens (including phenoxy) is 3. The number of thiazole rings is 1. The van der Waals surface area contributed by atoms with Crippen molar-refractivity contribution in [1.82, 2.24) is 10.3 Å². The summed E-state index contributed by atoms with van der Waals surface area (Å²) >= 11 is 1.40. The fourth-order valence-corrected chi connectivity index (χ4v) is 5.33. The van der Waals surface area contributed by atoms with Crippen molar-refractivity contribution in [3.63, 3.8) is 0 Å². The number of hydrogen-bond acceptors (Lipinski definition) is 8. The summed E-state index contributed by atoms with van der Waals surface area (Å²) in [4.78, 5) is 42.4. The first-order valence-electron chi connectivity index (χ1n) is 14.0. The second kappa shape index (κ2) is 15.2. The number of amides is 1. The lowest BCUT2D eigenvalue weighted by Gasteiger charge is -2.18. The Balaban J connectivity index is 1.49. The molecule has 0 radical (unpaired) electrons. The van der Waals surface area contributed by atoms with Crippen LogP contribution in [-0.2, 0) is 36.9 Å². The number of nitrogens with zero attached hydrogens (tertiary/aromatic N) is 1. The topological polar surface area (TPSA) is 104 Å². The quantitative estimate of drug-likeness (QED) is 0.117. The predicted octanol–water partition coefficient (Wildman–Crippen LogP) is 5.78. The standard InChI is InChI=1S/C33H36N2O6S/c1-4-39-33(38)23(3)17-22(2)18-26-21-42-32(34-26)28(35-31(37)30(36)29-11-8-16-40-29)19-24-12-14-27(15-13-24)41-20-25-9-6-5-7-10-25/h5-7,9-10,12-15,17-18,21,28-29H,4,8,11,16,19-20H2,1-3H3,(H,35,37)/t28-,29?/m0/s1. The van der Waals surface area contributed by atoms with Gasteiger partial charge in [0.2, 0.25) is 5.78 Å². The van der Waals surface area contributed by atoms with E-state index in [-0.39, 0.29) is 5.97 Å². The number of esters is 1. The third-order valence-electron chi connectivity index (χ3n) is 6.62. The lowest BCUT2D eigenvalue weighted by Crippen LogP contribution is -2.40. The molecule has 0 spiro atoms. The van der Waals surface area contributed by atoms with Crippen molar-refractivity contribution in [3.8, 4) is 5.75 Å². The molecule has 1 fully saturated rings. The van der Waals surface area contributed by atoms with Gasteiger partial charge in [0, 0.05) is 17.6 Å². The Kier molecular flexibility index (Phi) is 11.2. The minimum Gasteiger partial charge on any atom is -0.489 e. The van der Waals surface area contributed by atoms with Gasteiger partial charge in [-0.2, -0.15) is 0 Å². The highest BCUT2D eigenvalue weighted by atomic mass is 32.1. The van der Waals surface area contributed by atoms with Crippen molar-refractivity contribution in [1.29, 1.82) is 0 Å². The minimum atomic E-state index is -0.696. The Labute approximate surface area is 250 Å². The Bertz CT molecular complexity index is 1420. The molecule has 9 heteroatoms. The molecule has 1 aliphatic rings. The smallest absolute Gasteiger partial charge is 0.333 e. The molecule has 0 saturated carbocycles. The van der Waals surface area contributed by atoms with Gasteiger partial charge in [0.25, 0.3) is 5.91 Å². The summed E-state index contributed by atoms with van der Waals surface area (Å²) in [6.45, 7) is 6.61. The van der Waals surface area contributed by atoms with E-state index in [9.17, 15) is 14.4 Å². The molecule has 0 bridgehead atoms. The first-order chi connectivity index (χ1) is 20.3. The number of aromatic nitrogens is 1. The van der Waals surface area contributed by atoms with Gasteiger partial charge in [-0.25, -0.2) is 9.78 Å². The third kappa shape index (κ3) is 8.96. The Morgan fingerprint density at radius 2 is 1.86 bits per heavy atom. The van der Waals surface area contributed by atoms with Gasteiger partial charge < -0.3 is 19.5 Å².